The Labute approximate surface area is 112 Å². The summed E-state index contributed by atoms with van der Waals surface area (Å²) in [4.78, 5) is 6.24. The molecule has 104 valence electrons. The monoisotopic (exact) mass is 263 g/mol. The third kappa shape index (κ3) is 3.78. The van der Waals surface area contributed by atoms with Crippen LogP contribution in [0.25, 0.3) is 0 Å². The van der Waals surface area contributed by atoms with Gasteiger partial charge in [0.25, 0.3) is 0 Å². The summed E-state index contributed by atoms with van der Waals surface area (Å²) in [5.41, 5.74) is 6.81. The van der Waals surface area contributed by atoms with Crippen molar-refractivity contribution in [2.24, 2.45) is 10.7 Å². The van der Waals surface area contributed by atoms with Crippen molar-refractivity contribution in [1.29, 1.82) is 5.41 Å². The quantitative estimate of drug-likeness (QED) is 0.467. The van der Waals surface area contributed by atoms with Crippen molar-refractivity contribution in [2.75, 3.05) is 19.6 Å². The molecule has 5 N–H and O–H groups in total. The van der Waals surface area contributed by atoms with E-state index in [1.807, 2.05) is 17.9 Å². The molecule has 0 radical (unpaired) electrons. The van der Waals surface area contributed by atoms with Gasteiger partial charge in [-0.2, -0.15) is 5.10 Å². The minimum absolute atomic E-state index is 0.360. The number of aliphatic imine (C=N–C) groups is 1. The Morgan fingerprint density at radius 2 is 2.47 bits per heavy atom. The second kappa shape index (κ2) is 5.83. The normalized spacial score (nSPS) is 20.6. The number of piperazine rings is 1. The summed E-state index contributed by atoms with van der Waals surface area (Å²) in [7, 11) is 0. The SMILES string of the molecule is Cc1cc(N=C(N)CC(=N)N2CCNC(C)C2)n[nH]1. The zero-order valence-electron chi connectivity index (χ0n) is 11.4. The third-order valence-electron chi connectivity index (χ3n) is 3.05. The lowest BCUT2D eigenvalue weighted by molar-refractivity contribution is 0.299. The highest BCUT2D eigenvalue weighted by atomic mass is 15.2. The van der Waals surface area contributed by atoms with Crippen LogP contribution in [0.4, 0.5) is 5.82 Å². The first-order chi connectivity index (χ1) is 9.04. The van der Waals surface area contributed by atoms with E-state index >= 15 is 0 Å². The molecular weight excluding hydrogens is 242 g/mol. The molecule has 1 fully saturated rings. The topological polar surface area (TPSA) is 106 Å². The maximum Gasteiger partial charge on any atom is 0.175 e. The predicted octanol–water partition coefficient (Wildman–Crippen LogP) is 0.368. The molecule has 0 saturated carbocycles. The number of rotatable bonds is 3. The summed E-state index contributed by atoms with van der Waals surface area (Å²) in [6.07, 6.45) is 0.360. The van der Waals surface area contributed by atoms with Crippen LogP contribution < -0.4 is 11.1 Å². The Balaban J connectivity index is 1.92. The van der Waals surface area contributed by atoms with Gasteiger partial charge in [0.1, 0.15) is 11.7 Å². The van der Waals surface area contributed by atoms with Crippen LogP contribution in [0.5, 0.6) is 0 Å². The molecule has 1 unspecified atom stereocenters. The van der Waals surface area contributed by atoms with Gasteiger partial charge >= 0.3 is 0 Å². The van der Waals surface area contributed by atoms with E-state index in [2.05, 4.69) is 27.4 Å². The molecule has 0 aromatic carbocycles. The summed E-state index contributed by atoms with van der Waals surface area (Å²) in [5.74, 6) is 1.50. The van der Waals surface area contributed by atoms with Crippen molar-refractivity contribution >= 4 is 17.5 Å². The first-order valence-electron chi connectivity index (χ1n) is 6.45. The van der Waals surface area contributed by atoms with Crippen LogP contribution in [0.1, 0.15) is 19.0 Å². The summed E-state index contributed by atoms with van der Waals surface area (Å²) in [6.45, 7) is 6.61. The Morgan fingerprint density at radius 1 is 1.68 bits per heavy atom. The molecule has 2 heterocycles. The zero-order valence-corrected chi connectivity index (χ0v) is 11.4. The van der Waals surface area contributed by atoms with Crippen LogP contribution in [0.15, 0.2) is 11.1 Å². The average Bonchev–Trinajstić information content (AvgIpc) is 2.74. The summed E-state index contributed by atoms with van der Waals surface area (Å²) in [5, 5.41) is 18.2. The summed E-state index contributed by atoms with van der Waals surface area (Å²) in [6, 6.07) is 2.23. The average molecular weight is 263 g/mol. The van der Waals surface area contributed by atoms with Crippen LogP contribution >= 0.6 is 0 Å². The van der Waals surface area contributed by atoms with Gasteiger partial charge in [-0.1, -0.05) is 0 Å². The molecule has 19 heavy (non-hydrogen) atoms. The lowest BCUT2D eigenvalue weighted by Crippen LogP contribution is -2.51. The van der Waals surface area contributed by atoms with Gasteiger partial charge in [-0.05, 0) is 13.8 Å². The minimum atomic E-state index is 0.360. The van der Waals surface area contributed by atoms with Crippen molar-refractivity contribution in [3.8, 4) is 0 Å². The number of aryl methyl sites for hydroxylation is 1. The molecule has 1 aromatic heterocycles. The van der Waals surface area contributed by atoms with Crippen molar-refractivity contribution in [3.63, 3.8) is 0 Å². The van der Waals surface area contributed by atoms with E-state index in [9.17, 15) is 0 Å². The largest absolute Gasteiger partial charge is 0.387 e. The Bertz CT molecular complexity index is 476. The number of aromatic nitrogens is 2. The number of nitrogens with two attached hydrogens (primary N) is 1. The lowest BCUT2D eigenvalue weighted by atomic mass is 10.2. The van der Waals surface area contributed by atoms with Crippen LogP contribution in [0.3, 0.4) is 0 Å². The van der Waals surface area contributed by atoms with Crippen LogP contribution in [0.2, 0.25) is 0 Å². The zero-order chi connectivity index (χ0) is 13.8. The van der Waals surface area contributed by atoms with Gasteiger partial charge in [0.05, 0.1) is 6.42 Å². The van der Waals surface area contributed by atoms with Crippen LogP contribution in [-0.4, -0.2) is 52.4 Å². The van der Waals surface area contributed by atoms with E-state index in [0.29, 0.717) is 30.0 Å². The maximum absolute atomic E-state index is 8.08. The number of nitrogens with zero attached hydrogens (tertiary/aromatic N) is 3. The smallest absolute Gasteiger partial charge is 0.175 e. The van der Waals surface area contributed by atoms with E-state index in [4.69, 9.17) is 11.1 Å². The molecule has 2 rings (SSSR count). The molecule has 0 amide bonds. The van der Waals surface area contributed by atoms with Crippen molar-refractivity contribution in [2.45, 2.75) is 26.3 Å². The molecule has 0 aliphatic carbocycles. The van der Waals surface area contributed by atoms with Crippen molar-refractivity contribution < 1.29 is 0 Å². The number of hydrogen-bond acceptors (Lipinski definition) is 4. The first kappa shape index (κ1) is 13.5. The van der Waals surface area contributed by atoms with Gasteiger partial charge in [0.15, 0.2) is 5.82 Å². The molecule has 1 saturated heterocycles. The molecule has 1 aliphatic heterocycles. The number of hydrogen-bond donors (Lipinski definition) is 4. The van der Waals surface area contributed by atoms with Crippen molar-refractivity contribution in [3.05, 3.63) is 11.8 Å². The second-order valence-corrected chi connectivity index (χ2v) is 4.94. The highest BCUT2D eigenvalue weighted by Crippen LogP contribution is 2.09. The number of nitrogens with one attached hydrogen (secondary N) is 3. The van der Waals surface area contributed by atoms with E-state index in [0.717, 1.165) is 25.3 Å². The van der Waals surface area contributed by atoms with Gasteiger partial charge in [-0.25, -0.2) is 4.99 Å². The molecule has 1 aliphatic rings. The van der Waals surface area contributed by atoms with E-state index < -0.39 is 0 Å². The van der Waals surface area contributed by atoms with Gasteiger partial charge in [-0.3, -0.25) is 10.5 Å². The van der Waals surface area contributed by atoms with Gasteiger partial charge in [-0.15, -0.1) is 0 Å². The van der Waals surface area contributed by atoms with E-state index in [1.54, 1.807) is 0 Å². The highest BCUT2D eigenvalue weighted by Gasteiger charge is 2.18. The molecule has 0 bridgehead atoms. The summed E-state index contributed by atoms with van der Waals surface area (Å²) >= 11 is 0. The van der Waals surface area contributed by atoms with Gasteiger partial charge < -0.3 is 16.0 Å². The molecule has 1 aromatic rings. The van der Waals surface area contributed by atoms with E-state index in [-0.39, 0.29) is 0 Å². The molecular formula is C12H21N7. The van der Waals surface area contributed by atoms with Gasteiger partial charge in [0, 0.05) is 37.4 Å². The number of H-pyrrole nitrogens is 1. The lowest BCUT2D eigenvalue weighted by Gasteiger charge is -2.33. The third-order valence-corrected chi connectivity index (χ3v) is 3.05. The fourth-order valence-corrected chi connectivity index (χ4v) is 2.11. The van der Waals surface area contributed by atoms with Crippen LogP contribution in [-0.2, 0) is 0 Å². The predicted molar refractivity (Wildman–Crippen MR) is 76.0 cm³/mol. The molecule has 1 atom stereocenters. The molecule has 0 spiro atoms. The number of amidine groups is 2. The van der Waals surface area contributed by atoms with Crippen molar-refractivity contribution in [1.82, 2.24) is 20.4 Å². The molecule has 7 heteroatoms. The van der Waals surface area contributed by atoms with E-state index in [1.165, 1.54) is 0 Å². The molecule has 7 nitrogen and oxygen atoms in total. The van der Waals surface area contributed by atoms with Gasteiger partial charge in [0.2, 0.25) is 0 Å². The maximum atomic E-state index is 8.08. The first-order valence-corrected chi connectivity index (χ1v) is 6.45. The number of aromatic amines is 1. The van der Waals surface area contributed by atoms with Crippen LogP contribution in [0, 0.1) is 12.3 Å². The standard InChI is InChI=1S/C12H21N7/c1-8-5-12(18-17-8)16-10(13)6-11(14)19-4-3-15-9(2)7-19/h5,9,14-15H,3-4,6-7H2,1-2H3,(H3,13,16,17,18). The highest BCUT2D eigenvalue weighted by molar-refractivity contribution is 6.01. The Kier molecular flexibility index (Phi) is 4.16. The fourth-order valence-electron chi connectivity index (χ4n) is 2.11. The second-order valence-electron chi connectivity index (χ2n) is 4.94. The summed E-state index contributed by atoms with van der Waals surface area (Å²) < 4.78 is 0. The fraction of sp³-hybridized carbons (Fsp3) is 0.583. The Hall–Kier alpha value is -1.89. The minimum Gasteiger partial charge on any atom is -0.387 e. The Morgan fingerprint density at radius 3 is 3.11 bits per heavy atom.